The van der Waals surface area contributed by atoms with Crippen molar-refractivity contribution in [2.24, 2.45) is 0 Å². The third-order valence-electron chi connectivity index (χ3n) is 3.44. The number of hydrogen-bond acceptors (Lipinski definition) is 6. The van der Waals surface area contributed by atoms with Crippen LogP contribution in [0.1, 0.15) is 5.56 Å². The molecule has 2 aliphatic rings. The van der Waals surface area contributed by atoms with Crippen LogP contribution in [0.4, 0.5) is 0 Å². The molecule has 8 heteroatoms. The summed E-state index contributed by atoms with van der Waals surface area (Å²) in [6, 6.07) is 7.18. The van der Waals surface area contributed by atoms with Crippen LogP contribution in [-0.4, -0.2) is 36.7 Å². The SMILES string of the molecule is N#Cc1cccc(S(=O)(=O)N2C(=O)COC23C=CC(=O)C=C3)c1. The van der Waals surface area contributed by atoms with Gasteiger partial charge in [-0.05, 0) is 42.5 Å². The molecule has 3 rings (SSSR count). The topological polar surface area (TPSA) is 105 Å². The Bertz CT molecular complexity index is 892. The minimum Gasteiger partial charge on any atom is -0.337 e. The molecule has 1 amide bonds. The van der Waals surface area contributed by atoms with Crippen molar-refractivity contribution in [1.29, 1.82) is 5.26 Å². The van der Waals surface area contributed by atoms with Crippen molar-refractivity contribution in [3.8, 4) is 6.07 Å². The normalized spacial score (nSPS) is 19.3. The quantitative estimate of drug-likeness (QED) is 0.782. The van der Waals surface area contributed by atoms with Gasteiger partial charge >= 0.3 is 0 Å². The Labute approximate surface area is 132 Å². The Morgan fingerprint density at radius 1 is 1.22 bits per heavy atom. The Morgan fingerprint density at radius 3 is 2.57 bits per heavy atom. The number of allylic oxidation sites excluding steroid dienone is 2. The maximum atomic E-state index is 12.8. The van der Waals surface area contributed by atoms with E-state index in [-0.39, 0.29) is 16.2 Å². The van der Waals surface area contributed by atoms with Gasteiger partial charge < -0.3 is 4.74 Å². The van der Waals surface area contributed by atoms with E-state index in [2.05, 4.69) is 0 Å². The standard InChI is InChI=1S/C15H10N2O5S/c16-9-11-2-1-3-13(8-11)23(20,21)17-14(19)10-22-15(17)6-4-12(18)5-7-15/h1-8H,10H2. The first-order chi connectivity index (χ1) is 10.9. The van der Waals surface area contributed by atoms with Crippen molar-refractivity contribution in [3.63, 3.8) is 0 Å². The van der Waals surface area contributed by atoms with Crippen LogP contribution in [0, 0.1) is 11.3 Å². The largest absolute Gasteiger partial charge is 0.337 e. The van der Waals surface area contributed by atoms with E-state index in [9.17, 15) is 18.0 Å². The number of hydrogen-bond donors (Lipinski definition) is 0. The van der Waals surface area contributed by atoms with E-state index in [1.54, 1.807) is 0 Å². The summed E-state index contributed by atoms with van der Waals surface area (Å²) in [4.78, 5) is 23.2. The van der Waals surface area contributed by atoms with Gasteiger partial charge in [0.25, 0.3) is 15.9 Å². The van der Waals surface area contributed by atoms with Crippen molar-refractivity contribution in [3.05, 3.63) is 54.1 Å². The molecule has 0 unspecified atom stereocenters. The fourth-order valence-electron chi connectivity index (χ4n) is 2.39. The molecule has 1 spiro atoms. The van der Waals surface area contributed by atoms with E-state index in [1.807, 2.05) is 6.07 Å². The average Bonchev–Trinajstić information content (AvgIpc) is 2.88. The summed E-state index contributed by atoms with van der Waals surface area (Å²) in [5.74, 6) is -1.08. The number of ether oxygens (including phenoxy) is 1. The molecule has 0 saturated carbocycles. The second-order valence-electron chi connectivity index (χ2n) is 4.91. The predicted octanol–water partition coefficient (Wildman–Crippen LogP) is 0.497. The number of nitrogens with zero attached hydrogens (tertiary/aromatic N) is 2. The molecule has 1 aromatic carbocycles. The lowest BCUT2D eigenvalue weighted by Crippen LogP contribution is -2.48. The monoisotopic (exact) mass is 330 g/mol. The Balaban J connectivity index is 2.12. The smallest absolute Gasteiger partial charge is 0.269 e. The summed E-state index contributed by atoms with van der Waals surface area (Å²) < 4.78 is 31.6. The highest BCUT2D eigenvalue weighted by Gasteiger charge is 2.51. The predicted molar refractivity (Wildman–Crippen MR) is 77.2 cm³/mol. The van der Waals surface area contributed by atoms with Crippen molar-refractivity contribution in [1.82, 2.24) is 4.31 Å². The number of ketones is 1. The Kier molecular flexibility index (Phi) is 3.39. The summed E-state index contributed by atoms with van der Waals surface area (Å²) in [6.07, 6.45) is 4.75. The van der Waals surface area contributed by atoms with E-state index < -0.39 is 28.3 Å². The van der Waals surface area contributed by atoms with Gasteiger partial charge in [0.05, 0.1) is 16.5 Å². The molecule has 23 heavy (non-hydrogen) atoms. The molecule has 1 aliphatic carbocycles. The molecule has 116 valence electrons. The zero-order chi connectivity index (χ0) is 16.7. The zero-order valence-corrected chi connectivity index (χ0v) is 12.5. The van der Waals surface area contributed by atoms with E-state index >= 15 is 0 Å². The molecular formula is C15H10N2O5S. The fraction of sp³-hybridized carbons (Fsp3) is 0.133. The summed E-state index contributed by atoms with van der Waals surface area (Å²) in [5, 5.41) is 8.91. The number of benzene rings is 1. The minimum atomic E-state index is -4.25. The van der Waals surface area contributed by atoms with Crippen LogP contribution in [0.15, 0.2) is 53.5 Å². The van der Waals surface area contributed by atoms with Crippen LogP contribution in [0.5, 0.6) is 0 Å². The highest BCUT2D eigenvalue weighted by molar-refractivity contribution is 7.89. The van der Waals surface area contributed by atoms with Crippen LogP contribution in [0.2, 0.25) is 0 Å². The van der Waals surface area contributed by atoms with Crippen molar-refractivity contribution < 1.29 is 22.7 Å². The Morgan fingerprint density at radius 2 is 1.91 bits per heavy atom. The van der Waals surface area contributed by atoms with E-state index in [0.29, 0.717) is 4.31 Å². The molecule has 1 heterocycles. The summed E-state index contributed by atoms with van der Waals surface area (Å²) in [6.45, 7) is -0.431. The first-order valence-corrected chi connectivity index (χ1v) is 7.98. The molecular weight excluding hydrogens is 320 g/mol. The molecule has 0 bridgehead atoms. The van der Waals surface area contributed by atoms with Crippen LogP contribution in [0.25, 0.3) is 0 Å². The summed E-state index contributed by atoms with van der Waals surface area (Å²) >= 11 is 0. The molecule has 7 nitrogen and oxygen atoms in total. The van der Waals surface area contributed by atoms with E-state index in [1.165, 1.54) is 36.4 Å². The van der Waals surface area contributed by atoms with Gasteiger partial charge in [-0.2, -0.15) is 9.57 Å². The zero-order valence-electron chi connectivity index (χ0n) is 11.7. The van der Waals surface area contributed by atoms with Gasteiger partial charge in [0, 0.05) is 0 Å². The van der Waals surface area contributed by atoms with Gasteiger partial charge in [0.1, 0.15) is 6.61 Å². The van der Waals surface area contributed by atoms with Crippen molar-refractivity contribution in [2.45, 2.75) is 10.6 Å². The van der Waals surface area contributed by atoms with Gasteiger partial charge in [-0.1, -0.05) is 6.07 Å². The molecule has 1 saturated heterocycles. The first-order valence-electron chi connectivity index (χ1n) is 6.54. The van der Waals surface area contributed by atoms with Crippen LogP contribution < -0.4 is 0 Å². The molecule has 0 aromatic heterocycles. The van der Waals surface area contributed by atoms with Gasteiger partial charge in [0.2, 0.25) is 0 Å². The number of amides is 1. The second-order valence-corrected chi connectivity index (χ2v) is 6.70. The number of nitriles is 1. The van der Waals surface area contributed by atoms with Crippen LogP contribution in [-0.2, 0) is 24.3 Å². The highest BCUT2D eigenvalue weighted by Crippen LogP contribution is 2.35. The maximum absolute atomic E-state index is 12.8. The van der Waals surface area contributed by atoms with E-state index in [4.69, 9.17) is 10.00 Å². The number of rotatable bonds is 2. The second kappa shape index (κ2) is 5.15. The fourth-order valence-corrected chi connectivity index (χ4v) is 4.00. The van der Waals surface area contributed by atoms with Crippen molar-refractivity contribution in [2.75, 3.05) is 6.61 Å². The molecule has 1 fully saturated rings. The van der Waals surface area contributed by atoms with Gasteiger partial charge in [-0.15, -0.1) is 0 Å². The van der Waals surface area contributed by atoms with Crippen LogP contribution >= 0.6 is 0 Å². The van der Waals surface area contributed by atoms with Gasteiger partial charge in [-0.3, -0.25) is 9.59 Å². The van der Waals surface area contributed by atoms with Gasteiger partial charge in [-0.25, -0.2) is 8.42 Å². The molecule has 0 N–H and O–H groups in total. The van der Waals surface area contributed by atoms with Crippen LogP contribution in [0.3, 0.4) is 0 Å². The Hall–Kier alpha value is -2.76. The number of carbonyl (C=O) groups is 2. The molecule has 1 aliphatic heterocycles. The highest BCUT2D eigenvalue weighted by atomic mass is 32.2. The maximum Gasteiger partial charge on any atom is 0.269 e. The number of carbonyl (C=O) groups excluding carboxylic acids is 2. The average molecular weight is 330 g/mol. The third kappa shape index (κ3) is 2.36. The summed E-state index contributed by atoms with van der Waals surface area (Å²) in [5.41, 5.74) is -1.50. The van der Waals surface area contributed by atoms with Crippen molar-refractivity contribution >= 4 is 21.7 Å². The molecule has 0 radical (unpaired) electrons. The number of sulfonamides is 1. The van der Waals surface area contributed by atoms with Gasteiger partial charge in [0.15, 0.2) is 11.5 Å². The first kappa shape index (κ1) is 15.1. The summed E-state index contributed by atoms with van der Waals surface area (Å²) in [7, 11) is -4.25. The minimum absolute atomic E-state index is 0.151. The van der Waals surface area contributed by atoms with E-state index in [0.717, 1.165) is 12.2 Å². The molecule has 1 aromatic rings. The lowest BCUT2D eigenvalue weighted by Gasteiger charge is -2.31. The molecule has 0 atom stereocenters. The lowest BCUT2D eigenvalue weighted by molar-refractivity contribution is -0.124. The third-order valence-corrected chi connectivity index (χ3v) is 5.26. The lowest BCUT2D eigenvalue weighted by atomic mass is 10.1.